The van der Waals surface area contributed by atoms with E-state index in [0.717, 1.165) is 22.3 Å². The third-order valence-electron chi connectivity index (χ3n) is 5.21. The second-order valence-electron chi connectivity index (χ2n) is 7.13. The van der Waals surface area contributed by atoms with Crippen molar-refractivity contribution >= 4 is 50.1 Å². The summed E-state index contributed by atoms with van der Waals surface area (Å²) in [6, 6.07) is 9.59. The van der Waals surface area contributed by atoms with E-state index in [1.165, 1.54) is 0 Å². The summed E-state index contributed by atoms with van der Waals surface area (Å²) in [4.78, 5) is 24.1. The average Bonchev–Trinajstić information content (AvgIpc) is 3.29. The first kappa shape index (κ1) is 17.9. The van der Waals surface area contributed by atoms with Crippen molar-refractivity contribution in [1.29, 1.82) is 0 Å². The minimum atomic E-state index is -0.594. The number of carbonyl (C=O) groups is 1. The first-order valence-corrected chi connectivity index (χ1v) is 10.1. The maximum absolute atomic E-state index is 11.8. The Hall–Kier alpha value is -3.17. The summed E-state index contributed by atoms with van der Waals surface area (Å²) in [6.45, 7) is 1.30. The molecule has 5 N–H and O–H groups in total. The van der Waals surface area contributed by atoms with E-state index < -0.39 is 5.91 Å². The predicted molar refractivity (Wildman–Crippen MR) is 113 cm³/mol. The molecule has 1 fully saturated rings. The van der Waals surface area contributed by atoms with E-state index in [0.29, 0.717) is 53.6 Å². The van der Waals surface area contributed by atoms with Crippen LogP contribution in [0.5, 0.6) is 0 Å². The Morgan fingerprint density at radius 3 is 2.72 bits per heavy atom. The molecule has 3 aromatic heterocycles. The monoisotopic (exact) mass is 409 g/mol. The molecule has 29 heavy (non-hydrogen) atoms. The smallest absolute Gasteiger partial charge is 0.260 e. The normalized spacial score (nSPS) is 15.4. The lowest BCUT2D eigenvalue weighted by molar-refractivity contribution is 0.100. The number of fused-ring (bicyclic) bond motifs is 2. The van der Waals surface area contributed by atoms with Gasteiger partial charge in [-0.25, -0.2) is 9.97 Å². The first-order chi connectivity index (χ1) is 14.0. The number of anilines is 2. The molecule has 5 rings (SSSR count). The van der Waals surface area contributed by atoms with Crippen LogP contribution in [0.2, 0.25) is 0 Å². The van der Waals surface area contributed by atoms with E-state index in [-0.39, 0.29) is 16.7 Å². The van der Waals surface area contributed by atoms with Gasteiger partial charge in [0.15, 0.2) is 5.76 Å². The number of piperidine rings is 1. The highest BCUT2D eigenvalue weighted by molar-refractivity contribution is 7.21. The van der Waals surface area contributed by atoms with Crippen LogP contribution in [0.3, 0.4) is 0 Å². The molecule has 0 unspecified atom stereocenters. The van der Waals surface area contributed by atoms with Crippen molar-refractivity contribution in [2.24, 2.45) is 5.73 Å². The largest absolute Gasteiger partial charge is 0.454 e. The van der Waals surface area contributed by atoms with E-state index in [4.69, 9.17) is 20.9 Å². The molecule has 0 bridgehead atoms. The maximum Gasteiger partial charge on any atom is 0.260 e. The van der Waals surface area contributed by atoms with Crippen molar-refractivity contribution < 1.29 is 14.3 Å². The molecule has 4 aromatic rings. The maximum atomic E-state index is 11.8. The van der Waals surface area contributed by atoms with Crippen LogP contribution in [0, 0.1) is 0 Å². The van der Waals surface area contributed by atoms with E-state index in [1.807, 2.05) is 35.2 Å². The summed E-state index contributed by atoms with van der Waals surface area (Å²) in [5, 5.41) is 11.3. The summed E-state index contributed by atoms with van der Waals surface area (Å²) in [6.07, 6.45) is 1.00. The van der Waals surface area contributed by atoms with Crippen LogP contribution in [-0.4, -0.2) is 40.2 Å². The Morgan fingerprint density at radius 2 is 2.00 bits per heavy atom. The van der Waals surface area contributed by atoms with E-state index >= 15 is 0 Å². The first-order valence-electron chi connectivity index (χ1n) is 9.33. The Morgan fingerprint density at radius 1 is 1.24 bits per heavy atom. The number of aromatic nitrogens is 2. The van der Waals surface area contributed by atoms with E-state index in [9.17, 15) is 9.90 Å². The number of carbonyl (C=O) groups excluding carboxylic acids is 1. The lowest BCUT2D eigenvalue weighted by atomic mass is 10.1. The molecule has 9 heteroatoms. The van der Waals surface area contributed by atoms with Gasteiger partial charge in [-0.05, 0) is 25.0 Å². The number of aliphatic hydroxyl groups is 1. The molecule has 0 saturated carbocycles. The fourth-order valence-electron chi connectivity index (χ4n) is 3.68. The van der Waals surface area contributed by atoms with Gasteiger partial charge in [0, 0.05) is 18.5 Å². The number of hydrogen-bond acceptors (Lipinski definition) is 8. The van der Waals surface area contributed by atoms with Crippen LogP contribution in [0.25, 0.3) is 32.6 Å². The number of nitrogens with zero attached hydrogens (tertiary/aromatic N) is 3. The number of nitrogens with two attached hydrogens (primary N) is 2. The second kappa shape index (κ2) is 6.71. The molecular formula is C20H19N5O3S. The molecule has 0 atom stereocenters. The van der Waals surface area contributed by atoms with Crippen LogP contribution < -0.4 is 16.4 Å². The summed E-state index contributed by atoms with van der Waals surface area (Å²) >= 11 is 1.16. The molecule has 0 spiro atoms. The van der Waals surface area contributed by atoms with Crippen LogP contribution in [-0.2, 0) is 0 Å². The molecule has 1 amide bonds. The third-order valence-corrected chi connectivity index (χ3v) is 6.32. The van der Waals surface area contributed by atoms with Crippen LogP contribution >= 0.6 is 11.3 Å². The van der Waals surface area contributed by atoms with Gasteiger partial charge in [0.25, 0.3) is 5.91 Å². The number of furan rings is 1. The van der Waals surface area contributed by atoms with Gasteiger partial charge in [0.05, 0.1) is 17.2 Å². The van der Waals surface area contributed by atoms with Gasteiger partial charge >= 0.3 is 0 Å². The predicted octanol–water partition coefficient (Wildman–Crippen LogP) is 2.75. The SMILES string of the molecule is NC(=O)c1sc2nc(N3CCC(O)CC3)nc(-c3cc4ccccc4o3)c2c1N. The average molecular weight is 409 g/mol. The summed E-state index contributed by atoms with van der Waals surface area (Å²) in [7, 11) is 0. The van der Waals surface area contributed by atoms with E-state index in [1.54, 1.807) is 0 Å². The van der Waals surface area contributed by atoms with Gasteiger partial charge in [-0.3, -0.25) is 4.79 Å². The number of primary amides is 1. The van der Waals surface area contributed by atoms with Crippen LogP contribution in [0.4, 0.5) is 11.6 Å². The standard InChI is InChI=1S/C20H19N5O3S/c21-15-14-16(13-9-10-3-1-2-4-12(10)28-13)23-20(25-7-5-11(26)6-8-25)24-19(14)29-17(15)18(22)27/h1-4,9,11,26H,5-8,21H2,(H2,22,27). The fraction of sp³-hybridized carbons (Fsp3) is 0.250. The van der Waals surface area contributed by atoms with Crippen molar-refractivity contribution in [2.75, 3.05) is 23.7 Å². The number of rotatable bonds is 3. The summed E-state index contributed by atoms with van der Waals surface area (Å²) in [5.41, 5.74) is 13.3. The second-order valence-corrected chi connectivity index (χ2v) is 8.13. The fourth-order valence-corrected chi connectivity index (χ4v) is 4.62. The topological polar surface area (TPSA) is 132 Å². The Balaban J connectivity index is 1.73. The highest BCUT2D eigenvalue weighted by Gasteiger charge is 2.26. The quantitative estimate of drug-likeness (QED) is 0.474. The number of aliphatic hydroxyl groups excluding tert-OH is 1. The Labute approximate surface area is 169 Å². The number of benzene rings is 1. The van der Waals surface area contributed by atoms with Crippen molar-refractivity contribution in [3.05, 3.63) is 35.2 Å². The third kappa shape index (κ3) is 2.99. The molecule has 1 aliphatic heterocycles. The van der Waals surface area contributed by atoms with Crippen molar-refractivity contribution in [2.45, 2.75) is 18.9 Å². The molecule has 1 aromatic carbocycles. The number of nitrogen functional groups attached to an aromatic ring is 1. The van der Waals surface area contributed by atoms with E-state index in [2.05, 4.69) is 4.98 Å². The van der Waals surface area contributed by atoms with Crippen molar-refractivity contribution in [1.82, 2.24) is 9.97 Å². The van der Waals surface area contributed by atoms with Crippen LogP contribution in [0.1, 0.15) is 22.5 Å². The van der Waals surface area contributed by atoms with Crippen LogP contribution in [0.15, 0.2) is 34.7 Å². The molecular weight excluding hydrogens is 390 g/mol. The number of amides is 1. The zero-order valence-electron chi connectivity index (χ0n) is 15.5. The molecule has 0 radical (unpaired) electrons. The number of thiophene rings is 1. The summed E-state index contributed by atoms with van der Waals surface area (Å²) in [5.74, 6) is 0.484. The molecule has 0 aliphatic carbocycles. The highest BCUT2D eigenvalue weighted by atomic mass is 32.1. The van der Waals surface area contributed by atoms with Gasteiger partial charge in [-0.1, -0.05) is 18.2 Å². The van der Waals surface area contributed by atoms with Gasteiger partial charge in [0.1, 0.15) is 21.0 Å². The Kier molecular flexibility index (Phi) is 4.14. The minimum absolute atomic E-state index is 0.262. The number of hydrogen-bond donors (Lipinski definition) is 3. The zero-order valence-corrected chi connectivity index (χ0v) is 16.3. The molecule has 148 valence electrons. The molecule has 1 aliphatic rings. The zero-order chi connectivity index (χ0) is 20.1. The molecule has 4 heterocycles. The minimum Gasteiger partial charge on any atom is -0.454 e. The van der Waals surface area contributed by atoms with Crippen molar-refractivity contribution in [3.63, 3.8) is 0 Å². The summed E-state index contributed by atoms with van der Waals surface area (Å²) < 4.78 is 6.03. The lowest BCUT2D eigenvalue weighted by Gasteiger charge is -2.29. The highest BCUT2D eigenvalue weighted by Crippen LogP contribution is 2.40. The van der Waals surface area contributed by atoms with Gasteiger partial charge in [-0.2, -0.15) is 0 Å². The van der Waals surface area contributed by atoms with Gasteiger partial charge < -0.3 is 25.9 Å². The molecule has 8 nitrogen and oxygen atoms in total. The Bertz CT molecular complexity index is 1210. The number of para-hydroxylation sites is 1. The van der Waals surface area contributed by atoms with Gasteiger partial charge in [0.2, 0.25) is 5.95 Å². The van der Waals surface area contributed by atoms with Gasteiger partial charge in [-0.15, -0.1) is 11.3 Å². The molecule has 1 saturated heterocycles. The lowest BCUT2D eigenvalue weighted by Crippen LogP contribution is -2.36. The van der Waals surface area contributed by atoms with Crippen molar-refractivity contribution in [3.8, 4) is 11.5 Å².